The first-order valence-electron chi connectivity index (χ1n) is 11.0. The topological polar surface area (TPSA) is 146 Å². The zero-order valence-corrected chi connectivity index (χ0v) is 19.4. The van der Waals surface area contributed by atoms with E-state index in [2.05, 4.69) is 26.6 Å². The fourth-order valence-electron chi connectivity index (χ4n) is 2.66. The van der Waals surface area contributed by atoms with Crippen LogP contribution in [0, 0.1) is 5.92 Å². The Kier molecular flexibility index (Phi) is 14.7. The zero-order chi connectivity index (χ0) is 23.8. The van der Waals surface area contributed by atoms with E-state index < -0.39 is 23.9 Å². The highest BCUT2D eigenvalue weighted by atomic mass is 16.2. The smallest absolute Gasteiger partial charge is 0.243 e. The lowest BCUT2D eigenvalue weighted by Gasteiger charge is -2.23. The summed E-state index contributed by atoms with van der Waals surface area (Å²) in [4.78, 5) is 60.9. The Morgan fingerprint density at radius 2 is 1.13 bits per heavy atom. The summed E-state index contributed by atoms with van der Waals surface area (Å²) < 4.78 is 0. The van der Waals surface area contributed by atoms with Gasteiger partial charge in [-0.2, -0.15) is 0 Å². The van der Waals surface area contributed by atoms with Crippen molar-refractivity contribution in [2.75, 3.05) is 19.6 Å². The van der Waals surface area contributed by atoms with E-state index in [-0.39, 0.29) is 55.7 Å². The quantitative estimate of drug-likeness (QED) is 0.242. The fraction of sp³-hybridized carbons (Fsp3) is 0.762. The average molecular weight is 442 g/mol. The number of hydrogen-bond donors (Lipinski definition) is 5. The maximum Gasteiger partial charge on any atom is 0.243 e. The van der Waals surface area contributed by atoms with E-state index in [9.17, 15) is 24.0 Å². The summed E-state index contributed by atoms with van der Waals surface area (Å²) in [6.45, 7) is 10.5. The van der Waals surface area contributed by atoms with Crippen molar-refractivity contribution in [3.8, 4) is 0 Å². The van der Waals surface area contributed by atoms with Crippen LogP contribution in [-0.4, -0.2) is 61.3 Å². The third-order valence-electron chi connectivity index (χ3n) is 4.36. The first kappa shape index (κ1) is 28.4. The minimum absolute atomic E-state index is 0.0546. The van der Waals surface area contributed by atoms with Gasteiger partial charge in [-0.25, -0.2) is 0 Å². The maximum absolute atomic E-state index is 12.9. The Morgan fingerprint density at radius 3 is 1.55 bits per heavy atom. The number of carbonyl (C=O) groups is 5. The normalized spacial score (nSPS) is 12.5. The van der Waals surface area contributed by atoms with Crippen LogP contribution in [0.4, 0.5) is 0 Å². The van der Waals surface area contributed by atoms with Crippen molar-refractivity contribution in [3.05, 3.63) is 0 Å². The van der Waals surface area contributed by atoms with Crippen LogP contribution in [0.1, 0.15) is 66.7 Å². The van der Waals surface area contributed by atoms with Crippen LogP contribution < -0.4 is 26.6 Å². The summed E-state index contributed by atoms with van der Waals surface area (Å²) in [5, 5.41) is 13.3. The van der Waals surface area contributed by atoms with Crippen LogP contribution in [0.5, 0.6) is 0 Å². The van der Waals surface area contributed by atoms with Crippen molar-refractivity contribution in [2.45, 2.75) is 78.8 Å². The van der Waals surface area contributed by atoms with Crippen LogP contribution in [0.15, 0.2) is 0 Å². The molecule has 0 rings (SSSR count). The average Bonchev–Trinajstić information content (AvgIpc) is 2.72. The van der Waals surface area contributed by atoms with Crippen LogP contribution in [0.25, 0.3) is 0 Å². The number of carbonyl (C=O) groups excluding carboxylic acids is 5. The molecular weight excluding hydrogens is 402 g/mol. The predicted octanol–water partition coefficient (Wildman–Crippen LogP) is -0.0292. The molecule has 0 heterocycles. The van der Waals surface area contributed by atoms with Crippen molar-refractivity contribution >= 4 is 29.5 Å². The molecule has 0 aliphatic heterocycles. The van der Waals surface area contributed by atoms with Gasteiger partial charge in [0.05, 0.1) is 0 Å². The highest BCUT2D eigenvalue weighted by Gasteiger charge is 2.27. The minimum atomic E-state index is -0.958. The van der Waals surface area contributed by atoms with E-state index in [1.807, 2.05) is 13.8 Å². The lowest BCUT2D eigenvalue weighted by molar-refractivity contribution is -0.133. The summed E-state index contributed by atoms with van der Waals surface area (Å²) in [7, 11) is 0. The van der Waals surface area contributed by atoms with Gasteiger partial charge in [0.15, 0.2) is 0 Å². The second kappa shape index (κ2) is 16.1. The zero-order valence-electron chi connectivity index (χ0n) is 19.4. The number of amides is 5. The van der Waals surface area contributed by atoms with Gasteiger partial charge >= 0.3 is 0 Å². The third-order valence-corrected chi connectivity index (χ3v) is 4.36. The van der Waals surface area contributed by atoms with Gasteiger partial charge in [-0.1, -0.05) is 20.8 Å². The van der Waals surface area contributed by atoms with Gasteiger partial charge in [0.25, 0.3) is 0 Å². The molecule has 0 aliphatic carbocycles. The lowest BCUT2D eigenvalue weighted by atomic mass is 10.1. The van der Waals surface area contributed by atoms with Crippen LogP contribution in [0.2, 0.25) is 0 Å². The van der Waals surface area contributed by atoms with Crippen LogP contribution in [-0.2, 0) is 24.0 Å². The second-order valence-corrected chi connectivity index (χ2v) is 7.66. The van der Waals surface area contributed by atoms with Crippen LogP contribution in [0.3, 0.4) is 0 Å². The summed E-state index contributed by atoms with van der Waals surface area (Å²) in [5.74, 6) is -1.52. The van der Waals surface area contributed by atoms with Crippen molar-refractivity contribution in [2.24, 2.45) is 5.92 Å². The van der Waals surface area contributed by atoms with Gasteiger partial charge in [-0.15, -0.1) is 0 Å². The Balaban J connectivity index is 5.25. The molecule has 31 heavy (non-hydrogen) atoms. The fourth-order valence-corrected chi connectivity index (χ4v) is 2.66. The molecule has 5 amide bonds. The van der Waals surface area contributed by atoms with Crippen molar-refractivity contribution in [1.29, 1.82) is 0 Å². The van der Waals surface area contributed by atoms with Gasteiger partial charge < -0.3 is 26.6 Å². The minimum Gasteiger partial charge on any atom is -0.356 e. The maximum atomic E-state index is 12.9. The molecule has 2 unspecified atom stereocenters. The van der Waals surface area contributed by atoms with E-state index in [1.54, 1.807) is 20.8 Å². The Labute approximate surface area is 185 Å². The molecule has 0 bridgehead atoms. The van der Waals surface area contributed by atoms with Crippen molar-refractivity contribution in [1.82, 2.24) is 26.6 Å². The number of hydrogen-bond acceptors (Lipinski definition) is 5. The van der Waals surface area contributed by atoms with E-state index in [1.165, 1.54) is 0 Å². The first-order chi connectivity index (χ1) is 14.6. The lowest BCUT2D eigenvalue weighted by Crippen LogP contribution is -2.54. The molecule has 0 aromatic heterocycles. The summed E-state index contributed by atoms with van der Waals surface area (Å²) in [6.07, 6.45) is 0.518. The van der Waals surface area contributed by atoms with E-state index in [0.717, 1.165) is 0 Å². The summed E-state index contributed by atoms with van der Waals surface area (Å²) in [6, 6.07) is -1.89. The molecule has 0 fully saturated rings. The van der Waals surface area contributed by atoms with Crippen LogP contribution >= 0.6 is 0 Å². The van der Waals surface area contributed by atoms with E-state index >= 15 is 0 Å². The Bertz CT molecular complexity index is 609. The standard InChI is InChI=1S/C21H39N5O5/c1-6-17(27)25-16(10-12-19(29)23-8-3)21(31)26-15(9-11-18(28)22-7-2)20(30)24-13-14(4)5/h14-16H,6-13H2,1-5H3,(H,22,28)(H,23,29)(H,24,30)(H,25,27)(H,26,31). The first-order valence-corrected chi connectivity index (χ1v) is 11.0. The largest absolute Gasteiger partial charge is 0.356 e. The van der Waals surface area contributed by atoms with Crippen molar-refractivity contribution < 1.29 is 24.0 Å². The molecule has 5 N–H and O–H groups in total. The molecule has 10 nitrogen and oxygen atoms in total. The molecule has 178 valence electrons. The van der Waals surface area contributed by atoms with Gasteiger partial charge in [0.1, 0.15) is 12.1 Å². The molecular formula is C21H39N5O5. The second-order valence-electron chi connectivity index (χ2n) is 7.66. The van der Waals surface area contributed by atoms with Gasteiger partial charge in [0.2, 0.25) is 29.5 Å². The highest BCUT2D eigenvalue weighted by Crippen LogP contribution is 2.04. The number of rotatable bonds is 15. The summed E-state index contributed by atoms with van der Waals surface area (Å²) >= 11 is 0. The van der Waals surface area contributed by atoms with Crippen molar-refractivity contribution in [3.63, 3.8) is 0 Å². The Hall–Kier alpha value is -2.65. The molecule has 0 radical (unpaired) electrons. The summed E-state index contributed by atoms with van der Waals surface area (Å²) in [5.41, 5.74) is 0. The van der Waals surface area contributed by atoms with Gasteiger partial charge in [-0.05, 0) is 32.6 Å². The molecule has 0 saturated heterocycles. The molecule has 0 aromatic rings. The molecule has 0 spiro atoms. The molecule has 0 aliphatic rings. The monoisotopic (exact) mass is 441 g/mol. The molecule has 0 saturated carbocycles. The molecule has 2 atom stereocenters. The third kappa shape index (κ3) is 13.3. The Morgan fingerprint density at radius 1 is 0.645 bits per heavy atom. The van der Waals surface area contributed by atoms with E-state index in [4.69, 9.17) is 0 Å². The SMILES string of the molecule is CCNC(=O)CCC(NC(=O)CC)C(=O)NC(CCC(=O)NCC)C(=O)NCC(C)C. The van der Waals surface area contributed by atoms with Gasteiger partial charge in [-0.3, -0.25) is 24.0 Å². The predicted molar refractivity (Wildman–Crippen MR) is 118 cm³/mol. The number of nitrogens with one attached hydrogen (secondary N) is 5. The van der Waals surface area contributed by atoms with Gasteiger partial charge in [0, 0.05) is 38.9 Å². The molecule has 10 heteroatoms. The van der Waals surface area contributed by atoms with E-state index in [0.29, 0.717) is 19.6 Å². The highest BCUT2D eigenvalue weighted by molar-refractivity contribution is 5.92. The molecule has 0 aromatic carbocycles.